The Labute approximate surface area is 228 Å². The highest BCUT2D eigenvalue weighted by molar-refractivity contribution is 8.25. The van der Waals surface area contributed by atoms with Crippen LogP contribution in [0.5, 0.6) is 0 Å². The first-order valence-electron chi connectivity index (χ1n) is 13.9. The van der Waals surface area contributed by atoms with E-state index in [4.69, 9.17) is 0 Å². The second-order valence-corrected chi connectivity index (χ2v) is 13.0. The topological polar surface area (TPSA) is 117 Å². The maximum absolute atomic E-state index is 13.6. The van der Waals surface area contributed by atoms with E-state index >= 15 is 0 Å². The molecule has 1 saturated carbocycles. The van der Waals surface area contributed by atoms with E-state index in [0.29, 0.717) is 43.1 Å². The average molecular weight is 545 g/mol. The molecule has 1 aliphatic carbocycles. The summed E-state index contributed by atoms with van der Waals surface area (Å²) in [5.74, 6) is 0.0311. The normalized spacial score (nSPS) is 20.9. The van der Waals surface area contributed by atoms with Gasteiger partial charge in [0.1, 0.15) is 0 Å². The Morgan fingerprint density at radius 1 is 1.08 bits per heavy atom. The van der Waals surface area contributed by atoms with E-state index in [0.717, 1.165) is 36.9 Å². The Hall–Kier alpha value is -2.30. The number of anilines is 2. The number of carbonyl (C=O) groups is 1. The Morgan fingerprint density at radius 3 is 2.50 bits per heavy atom. The van der Waals surface area contributed by atoms with Gasteiger partial charge in [0.05, 0.1) is 23.6 Å². The first-order valence-corrected chi connectivity index (χ1v) is 15.6. The molecule has 8 nitrogen and oxygen atoms in total. The van der Waals surface area contributed by atoms with Crippen LogP contribution >= 0.6 is 10.8 Å². The van der Waals surface area contributed by atoms with Crippen LogP contribution in [0, 0.1) is 0 Å². The van der Waals surface area contributed by atoms with Gasteiger partial charge in [0.15, 0.2) is 0 Å². The molecule has 38 heavy (non-hydrogen) atoms. The third-order valence-electron chi connectivity index (χ3n) is 7.76. The van der Waals surface area contributed by atoms with Gasteiger partial charge in [-0.15, -0.1) is 10.8 Å². The fraction of sp³-hybridized carbons (Fsp3) is 0.552. The van der Waals surface area contributed by atoms with Crippen LogP contribution in [0.15, 0.2) is 48.5 Å². The zero-order valence-electron chi connectivity index (χ0n) is 22.7. The lowest BCUT2D eigenvalue weighted by atomic mass is 9.97. The summed E-state index contributed by atoms with van der Waals surface area (Å²) >= 11 is 0. The van der Waals surface area contributed by atoms with E-state index in [1.807, 2.05) is 43.3 Å². The fourth-order valence-electron chi connectivity index (χ4n) is 5.53. The Morgan fingerprint density at radius 2 is 1.82 bits per heavy atom. The van der Waals surface area contributed by atoms with Crippen LogP contribution in [0.4, 0.5) is 11.4 Å². The molecule has 2 aromatic carbocycles. The number of aliphatic hydroxyl groups is 1. The number of β-amino-alcohol motifs (C(OH)–C–C–N with tert-alkyl or cyclic N) is 1. The highest BCUT2D eigenvalue weighted by Crippen LogP contribution is 2.50. The van der Waals surface area contributed by atoms with Gasteiger partial charge in [-0.25, -0.2) is 0 Å². The molecule has 0 radical (unpaired) electrons. The van der Waals surface area contributed by atoms with E-state index in [1.165, 1.54) is 12.8 Å². The lowest BCUT2D eigenvalue weighted by Crippen LogP contribution is -2.52. The number of hydrogen-bond donors (Lipinski definition) is 6. The summed E-state index contributed by atoms with van der Waals surface area (Å²) in [6, 6.07) is 14.7. The molecule has 1 aliphatic heterocycles. The average Bonchev–Trinajstić information content (AvgIpc) is 3.34. The van der Waals surface area contributed by atoms with Gasteiger partial charge in [-0.05, 0) is 69.7 Å². The molecule has 4 rings (SSSR count). The number of aliphatic hydroxyl groups excluding tert-OH is 1. The number of hydrogen-bond acceptors (Lipinski definition) is 7. The highest BCUT2D eigenvalue weighted by Gasteiger charge is 2.31. The van der Waals surface area contributed by atoms with Crippen molar-refractivity contribution in [3.05, 3.63) is 59.7 Å². The number of carbonyl (C=O) groups excluding carboxylic acids is 1. The minimum atomic E-state index is -2.92. The van der Waals surface area contributed by atoms with Gasteiger partial charge in [0.2, 0.25) is 0 Å². The van der Waals surface area contributed by atoms with Gasteiger partial charge in [-0.1, -0.05) is 43.2 Å². The van der Waals surface area contributed by atoms with Gasteiger partial charge in [0.25, 0.3) is 5.91 Å². The molecule has 1 saturated heterocycles. The van der Waals surface area contributed by atoms with Crippen molar-refractivity contribution in [3.8, 4) is 0 Å². The number of amides is 1. The minimum absolute atomic E-state index is 0.0230. The van der Waals surface area contributed by atoms with Crippen molar-refractivity contribution in [1.29, 1.82) is 0 Å². The van der Waals surface area contributed by atoms with Gasteiger partial charge < -0.3 is 21.1 Å². The second-order valence-electron chi connectivity index (χ2n) is 10.9. The lowest BCUT2D eigenvalue weighted by Gasteiger charge is -2.47. The minimum Gasteiger partial charge on any atom is -0.390 e. The number of nitrogens with zero attached hydrogens (tertiary/aromatic N) is 1. The first-order chi connectivity index (χ1) is 18.2. The molecule has 210 valence electrons. The molecule has 2 atom stereocenters. The van der Waals surface area contributed by atoms with E-state index in [2.05, 4.69) is 22.9 Å². The largest absolute Gasteiger partial charge is 0.390 e. The summed E-state index contributed by atoms with van der Waals surface area (Å²) in [7, 11) is -2.92. The van der Waals surface area contributed by atoms with Crippen LogP contribution < -0.4 is 20.3 Å². The van der Waals surface area contributed by atoms with Crippen molar-refractivity contribution in [1.82, 2.24) is 10.6 Å². The van der Waals surface area contributed by atoms with E-state index in [9.17, 15) is 19.0 Å². The molecule has 2 aliphatic rings. The first kappa shape index (κ1) is 28.7. The molecule has 2 fully saturated rings. The Bertz CT molecular complexity index is 1060. The molecule has 1 amide bonds. The predicted molar refractivity (Wildman–Crippen MR) is 157 cm³/mol. The van der Waals surface area contributed by atoms with Gasteiger partial charge >= 0.3 is 0 Å². The molecule has 0 spiro atoms. The quantitative estimate of drug-likeness (QED) is 0.236. The number of rotatable bonds is 11. The van der Waals surface area contributed by atoms with Crippen LogP contribution in [0.3, 0.4) is 0 Å². The summed E-state index contributed by atoms with van der Waals surface area (Å²) in [6.45, 7) is 5.77. The van der Waals surface area contributed by atoms with Crippen molar-refractivity contribution in [2.75, 3.05) is 35.0 Å². The monoisotopic (exact) mass is 544 g/mol. The van der Waals surface area contributed by atoms with Crippen LogP contribution in [0.1, 0.15) is 68.3 Å². The van der Waals surface area contributed by atoms with Crippen molar-refractivity contribution in [2.24, 2.45) is 0 Å². The van der Waals surface area contributed by atoms with Crippen LogP contribution in [0.2, 0.25) is 0 Å². The summed E-state index contributed by atoms with van der Waals surface area (Å²) in [5, 5.41) is 21.2. The summed E-state index contributed by atoms with van der Waals surface area (Å²) in [5.41, 5.74) is 2.83. The molecule has 6 N–H and O–H groups in total. The standard InChI is InChI=1S/C29H44N4O4S/c1-3-30-24-18-23(19-25(20-24)33-15-9-10-16-38(33,36)37)28(35)32-26(17-22-11-5-4-6-12-22)27(34)21-31-29(2)13-7-8-14-29/h4-6,11-12,18-20,26-27,30-31,34,36-37H,3,7-10,13-17,21H2,1-2H3,(H,32,35)/t26-,27-/m0/s1. The summed E-state index contributed by atoms with van der Waals surface area (Å²) in [6.07, 6.45) is 5.91. The lowest BCUT2D eigenvalue weighted by molar-refractivity contribution is 0.0812. The Kier molecular flexibility index (Phi) is 9.59. The Balaban J connectivity index is 1.55. The highest BCUT2D eigenvalue weighted by atomic mass is 32.3. The van der Waals surface area contributed by atoms with E-state index in [-0.39, 0.29) is 11.4 Å². The van der Waals surface area contributed by atoms with Crippen molar-refractivity contribution < 1.29 is 19.0 Å². The molecule has 0 bridgehead atoms. The molecule has 2 aromatic rings. The maximum atomic E-state index is 13.6. The van der Waals surface area contributed by atoms with E-state index in [1.54, 1.807) is 16.4 Å². The van der Waals surface area contributed by atoms with Crippen molar-refractivity contribution in [3.63, 3.8) is 0 Å². The zero-order chi connectivity index (χ0) is 27.2. The van der Waals surface area contributed by atoms with Crippen LogP contribution in [0.25, 0.3) is 0 Å². The number of benzene rings is 2. The third kappa shape index (κ3) is 7.42. The van der Waals surface area contributed by atoms with Crippen LogP contribution in [-0.2, 0) is 6.42 Å². The SMILES string of the molecule is CCNc1cc(C(=O)N[C@@H](Cc2ccccc2)[C@@H](O)CNC2(C)CCCC2)cc(N2CCCCS2(O)O)c1. The smallest absolute Gasteiger partial charge is 0.251 e. The predicted octanol–water partition coefficient (Wildman–Crippen LogP) is 5.01. The molecular weight excluding hydrogens is 500 g/mol. The van der Waals surface area contributed by atoms with Crippen molar-refractivity contribution >= 4 is 28.1 Å². The molecule has 0 unspecified atom stereocenters. The summed E-state index contributed by atoms with van der Waals surface area (Å²) < 4.78 is 23.0. The fourth-order valence-corrected chi connectivity index (χ4v) is 7.20. The number of nitrogens with one attached hydrogen (secondary N) is 3. The third-order valence-corrected chi connectivity index (χ3v) is 9.69. The van der Waals surface area contributed by atoms with Gasteiger partial charge in [0, 0.05) is 36.4 Å². The summed E-state index contributed by atoms with van der Waals surface area (Å²) in [4.78, 5) is 13.6. The van der Waals surface area contributed by atoms with Gasteiger partial charge in [-0.3, -0.25) is 18.2 Å². The second kappa shape index (κ2) is 12.7. The molecule has 1 heterocycles. The zero-order valence-corrected chi connectivity index (χ0v) is 23.5. The molecule has 0 aromatic heterocycles. The molecular formula is C29H44N4O4S. The van der Waals surface area contributed by atoms with Gasteiger partial charge in [-0.2, -0.15) is 0 Å². The van der Waals surface area contributed by atoms with Crippen LogP contribution in [-0.4, -0.2) is 63.2 Å². The molecule has 9 heteroatoms. The van der Waals surface area contributed by atoms with E-state index < -0.39 is 22.9 Å². The maximum Gasteiger partial charge on any atom is 0.251 e. The van der Waals surface area contributed by atoms with Crippen molar-refractivity contribution in [2.45, 2.75) is 76.5 Å².